The number of hydrogen-bond donors (Lipinski definition) is 1. The van der Waals surface area contributed by atoms with Crippen LogP contribution in [0.15, 0.2) is 46.2 Å². The van der Waals surface area contributed by atoms with Gasteiger partial charge in [0.05, 0.1) is 11.4 Å². The fourth-order valence-corrected chi connectivity index (χ4v) is 4.07. The lowest BCUT2D eigenvalue weighted by atomic mass is 10.2. The number of furan rings is 1. The van der Waals surface area contributed by atoms with Crippen LogP contribution in [0.4, 0.5) is 5.88 Å². The number of carbonyl (C=O) groups excluding carboxylic acids is 1. The second kappa shape index (κ2) is 6.08. The molecule has 0 atom stereocenters. The van der Waals surface area contributed by atoms with Gasteiger partial charge in [0.15, 0.2) is 5.88 Å². The van der Waals surface area contributed by atoms with Crippen LogP contribution in [-0.2, 0) is 27.9 Å². The van der Waals surface area contributed by atoms with E-state index in [0.717, 1.165) is 17.2 Å². The summed E-state index contributed by atoms with van der Waals surface area (Å²) < 4.78 is 32.2. The molecule has 2 aromatic rings. The largest absolute Gasteiger partial charge is 0.444 e. The van der Waals surface area contributed by atoms with Gasteiger partial charge in [0.2, 0.25) is 15.9 Å². The van der Waals surface area contributed by atoms with Gasteiger partial charge in [-0.25, -0.2) is 8.42 Å². The van der Waals surface area contributed by atoms with E-state index >= 15 is 0 Å². The topological polar surface area (TPSA) is 79.6 Å². The summed E-state index contributed by atoms with van der Waals surface area (Å²) in [4.78, 5) is 11.4. The number of nitrogens with one attached hydrogen (secondary N) is 1. The Bertz CT molecular complexity index is 910. The SMILES string of the molecule is C=CC(=O)Nc1cc2c(o1)CN(S(=O)(=O)c1ccc(C)c(Cl)c1)C2. The van der Waals surface area contributed by atoms with Crippen LogP contribution in [0, 0.1) is 6.92 Å². The first-order chi connectivity index (χ1) is 11.3. The van der Waals surface area contributed by atoms with Crippen molar-refractivity contribution in [2.24, 2.45) is 0 Å². The number of hydrogen-bond acceptors (Lipinski definition) is 4. The van der Waals surface area contributed by atoms with Crippen molar-refractivity contribution in [2.45, 2.75) is 24.9 Å². The number of sulfonamides is 1. The van der Waals surface area contributed by atoms with Crippen molar-refractivity contribution in [1.82, 2.24) is 4.31 Å². The van der Waals surface area contributed by atoms with Gasteiger partial charge in [0, 0.05) is 23.2 Å². The summed E-state index contributed by atoms with van der Waals surface area (Å²) in [5.41, 5.74) is 1.53. The Kier molecular flexibility index (Phi) is 4.25. The molecule has 126 valence electrons. The van der Waals surface area contributed by atoms with Crippen LogP contribution in [0.3, 0.4) is 0 Å². The molecule has 1 aromatic heterocycles. The van der Waals surface area contributed by atoms with Crippen molar-refractivity contribution in [1.29, 1.82) is 0 Å². The molecule has 1 aromatic carbocycles. The molecule has 0 bridgehead atoms. The molecule has 1 N–H and O–H groups in total. The fourth-order valence-electron chi connectivity index (χ4n) is 2.43. The highest BCUT2D eigenvalue weighted by Crippen LogP contribution is 2.33. The predicted octanol–water partition coefficient (Wildman–Crippen LogP) is 3.07. The fraction of sp³-hybridized carbons (Fsp3) is 0.188. The van der Waals surface area contributed by atoms with Gasteiger partial charge in [0.1, 0.15) is 5.76 Å². The van der Waals surface area contributed by atoms with Crippen molar-refractivity contribution in [3.05, 3.63) is 58.8 Å². The van der Waals surface area contributed by atoms with E-state index in [1.54, 1.807) is 12.1 Å². The number of benzene rings is 1. The maximum atomic E-state index is 12.7. The summed E-state index contributed by atoms with van der Waals surface area (Å²) in [7, 11) is -3.67. The Morgan fingerprint density at radius 2 is 2.12 bits per heavy atom. The van der Waals surface area contributed by atoms with Crippen LogP contribution >= 0.6 is 11.6 Å². The summed E-state index contributed by atoms with van der Waals surface area (Å²) in [6.45, 7) is 5.45. The lowest BCUT2D eigenvalue weighted by molar-refractivity contribution is -0.112. The number of aryl methyl sites for hydroxylation is 1. The average molecular weight is 367 g/mol. The average Bonchev–Trinajstić information content (AvgIpc) is 3.08. The zero-order valence-electron chi connectivity index (χ0n) is 12.9. The van der Waals surface area contributed by atoms with Gasteiger partial charge in [0.25, 0.3) is 0 Å². The van der Waals surface area contributed by atoms with Crippen molar-refractivity contribution in [3.63, 3.8) is 0 Å². The number of anilines is 1. The Morgan fingerprint density at radius 3 is 2.75 bits per heavy atom. The Balaban J connectivity index is 1.81. The molecule has 1 amide bonds. The predicted molar refractivity (Wildman–Crippen MR) is 90.2 cm³/mol. The molecule has 0 unspecified atom stereocenters. The van der Waals surface area contributed by atoms with E-state index in [1.807, 2.05) is 6.92 Å². The number of nitrogens with zero attached hydrogens (tertiary/aromatic N) is 1. The van der Waals surface area contributed by atoms with Crippen LogP contribution in [0.1, 0.15) is 16.9 Å². The van der Waals surface area contributed by atoms with Crippen LogP contribution in [0.2, 0.25) is 5.02 Å². The maximum absolute atomic E-state index is 12.7. The first kappa shape index (κ1) is 16.8. The quantitative estimate of drug-likeness (QED) is 0.843. The van der Waals surface area contributed by atoms with Crippen LogP contribution in [0.5, 0.6) is 0 Å². The summed E-state index contributed by atoms with van der Waals surface area (Å²) in [5, 5.41) is 2.91. The maximum Gasteiger partial charge on any atom is 0.250 e. The van der Waals surface area contributed by atoms with Crippen molar-refractivity contribution >= 4 is 33.4 Å². The van der Waals surface area contributed by atoms with Crippen LogP contribution < -0.4 is 5.32 Å². The van der Waals surface area contributed by atoms with E-state index in [9.17, 15) is 13.2 Å². The molecule has 2 heterocycles. The third kappa shape index (κ3) is 2.98. The summed E-state index contributed by atoms with van der Waals surface area (Å²) >= 11 is 6.03. The van der Waals surface area contributed by atoms with Crippen molar-refractivity contribution in [2.75, 3.05) is 5.32 Å². The molecule has 0 spiro atoms. The van der Waals surface area contributed by atoms with Gasteiger partial charge in [-0.3, -0.25) is 10.1 Å². The highest BCUT2D eigenvalue weighted by Gasteiger charge is 2.33. The number of rotatable bonds is 4. The molecule has 8 heteroatoms. The normalized spacial score (nSPS) is 14.4. The van der Waals surface area contributed by atoms with Gasteiger partial charge in [-0.05, 0) is 30.7 Å². The number of fused-ring (bicyclic) bond motifs is 1. The molecule has 0 saturated carbocycles. The van der Waals surface area contributed by atoms with Crippen molar-refractivity contribution in [3.8, 4) is 0 Å². The highest BCUT2D eigenvalue weighted by molar-refractivity contribution is 7.89. The van der Waals surface area contributed by atoms with Gasteiger partial charge in [-0.2, -0.15) is 4.31 Å². The molecule has 0 radical (unpaired) electrons. The monoisotopic (exact) mass is 366 g/mol. The summed E-state index contributed by atoms with van der Waals surface area (Å²) in [5.74, 6) is 0.401. The van der Waals surface area contributed by atoms with Gasteiger partial charge in [-0.1, -0.05) is 24.2 Å². The second-order valence-corrected chi connectivity index (χ2v) is 7.78. The van der Waals surface area contributed by atoms with Crippen LogP contribution in [0.25, 0.3) is 0 Å². The molecule has 0 saturated heterocycles. The Labute approximate surface area is 144 Å². The standard InChI is InChI=1S/C16H15ClN2O4S/c1-3-15(20)18-16-6-11-8-19(9-14(11)23-16)24(21,22)12-5-4-10(2)13(17)7-12/h3-7H,1,8-9H2,2H3,(H,18,20). The van der Waals surface area contributed by atoms with E-state index in [0.29, 0.717) is 10.8 Å². The van der Waals surface area contributed by atoms with E-state index in [2.05, 4.69) is 11.9 Å². The number of carbonyl (C=O) groups is 1. The molecular weight excluding hydrogens is 352 g/mol. The zero-order chi connectivity index (χ0) is 17.5. The minimum Gasteiger partial charge on any atom is -0.444 e. The third-order valence-electron chi connectivity index (χ3n) is 3.78. The third-order valence-corrected chi connectivity index (χ3v) is 5.97. The smallest absolute Gasteiger partial charge is 0.250 e. The second-order valence-electron chi connectivity index (χ2n) is 5.44. The first-order valence-electron chi connectivity index (χ1n) is 7.12. The number of amides is 1. The molecule has 0 aliphatic carbocycles. The molecule has 1 aliphatic heterocycles. The minimum atomic E-state index is -3.67. The molecule has 3 rings (SSSR count). The summed E-state index contributed by atoms with van der Waals surface area (Å²) in [6.07, 6.45) is 1.13. The van der Waals surface area contributed by atoms with E-state index in [-0.39, 0.29) is 29.8 Å². The molecule has 0 fully saturated rings. The van der Waals surface area contributed by atoms with E-state index in [4.69, 9.17) is 16.0 Å². The molecule has 24 heavy (non-hydrogen) atoms. The first-order valence-corrected chi connectivity index (χ1v) is 8.94. The lowest BCUT2D eigenvalue weighted by Gasteiger charge is -2.16. The van der Waals surface area contributed by atoms with Gasteiger partial charge in [-0.15, -0.1) is 0 Å². The Morgan fingerprint density at radius 1 is 1.38 bits per heavy atom. The van der Waals surface area contributed by atoms with Gasteiger partial charge < -0.3 is 4.42 Å². The number of halogens is 1. The van der Waals surface area contributed by atoms with E-state index in [1.165, 1.54) is 16.4 Å². The van der Waals surface area contributed by atoms with E-state index < -0.39 is 10.0 Å². The summed E-state index contributed by atoms with van der Waals surface area (Å²) in [6, 6.07) is 6.27. The lowest BCUT2D eigenvalue weighted by Crippen LogP contribution is -2.25. The molecule has 6 nitrogen and oxygen atoms in total. The van der Waals surface area contributed by atoms with Crippen molar-refractivity contribution < 1.29 is 17.6 Å². The highest BCUT2D eigenvalue weighted by atomic mass is 35.5. The van der Waals surface area contributed by atoms with Crippen LogP contribution in [-0.4, -0.2) is 18.6 Å². The minimum absolute atomic E-state index is 0.104. The molecular formula is C16H15ClN2O4S. The molecule has 1 aliphatic rings. The van der Waals surface area contributed by atoms with Gasteiger partial charge >= 0.3 is 0 Å². The Hall–Kier alpha value is -2.09. The zero-order valence-corrected chi connectivity index (χ0v) is 14.4.